The summed E-state index contributed by atoms with van der Waals surface area (Å²) in [5.74, 6) is -14.8. The van der Waals surface area contributed by atoms with Crippen molar-refractivity contribution in [3.05, 3.63) is 0 Å². The highest BCUT2D eigenvalue weighted by Gasteiger charge is 2.83. The van der Waals surface area contributed by atoms with Crippen molar-refractivity contribution >= 4 is 10.1 Å². The van der Waals surface area contributed by atoms with Crippen LogP contribution in [0.25, 0.3) is 0 Å². The maximum absolute atomic E-state index is 12.2. The van der Waals surface area contributed by atoms with Gasteiger partial charge in [-0.05, 0) is 12.8 Å². The molecule has 0 aromatic heterocycles. The van der Waals surface area contributed by atoms with Gasteiger partial charge in [0.05, 0.1) is 27.7 Å². The van der Waals surface area contributed by atoms with E-state index in [1.54, 1.807) is 0 Å². The number of nitrogens with zero attached hydrogens (tertiary/aromatic N) is 1. The molecule has 0 aliphatic heterocycles. The van der Waals surface area contributed by atoms with E-state index in [4.69, 9.17) is 0 Å². The second-order valence-corrected chi connectivity index (χ2v) is 10.2. The molecule has 14 heteroatoms. The van der Waals surface area contributed by atoms with E-state index < -0.39 is 33.4 Å². The summed E-state index contributed by atoms with van der Waals surface area (Å²) in [5.41, 5.74) is 0. The predicted molar refractivity (Wildman–Crippen MR) is 105 cm³/mol. The maximum Gasteiger partial charge on any atom is 0.460 e. The van der Waals surface area contributed by atoms with E-state index in [1.165, 1.54) is 70.8 Å². The fourth-order valence-corrected chi connectivity index (χ4v) is 3.03. The van der Waals surface area contributed by atoms with Crippen molar-refractivity contribution in [2.24, 2.45) is 0 Å². The Labute approximate surface area is 189 Å². The third-order valence-corrected chi connectivity index (χ3v) is 5.50. The molecule has 202 valence electrons. The molecule has 0 rings (SSSR count). The van der Waals surface area contributed by atoms with Gasteiger partial charge < -0.3 is 9.04 Å². The van der Waals surface area contributed by atoms with Crippen molar-refractivity contribution in [1.29, 1.82) is 0 Å². The van der Waals surface area contributed by atoms with E-state index in [2.05, 4.69) is 28.1 Å². The predicted octanol–water partition coefficient (Wildman–Crippen LogP) is 6.57. The van der Waals surface area contributed by atoms with Gasteiger partial charge in [0.2, 0.25) is 0 Å². The average molecular weight is 528 g/mol. The second kappa shape index (κ2) is 13.4. The molecule has 4 nitrogen and oxygen atoms in total. The van der Waals surface area contributed by atoms with Gasteiger partial charge in [0.1, 0.15) is 0 Å². The molecule has 0 N–H and O–H groups in total. The van der Waals surface area contributed by atoms with Crippen molar-refractivity contribution in [1.82, 2.24) is 0 Å². The van der Waals surface area contributed by atoms with Gasteiger partial charge in [-0.25, -0.2) is 8.42 Å². The van der Waals surface area contributed by atoms with Crippen molar-refractivity contribution in [3.63, 3.8) is 0 Å². The molecule has 0 saturated heterocycles. The Balaban J connectivity index is 0. The molecule has 0 heterocycles. The highest BCUT2D eigenvalue weighted by Crippen LogP contribution is 2.54. The van der Waals surface area contributed by atoms with Crippen LogP contribution < -0.4 is 0 Å². The van der Waals surface area contributed by atoms with Gasteiger partial charge in [0.25, 0.3) is 0 Å². The Hall–Kier alpha value is -0.760. The zero-order valence-electron chi connectivity index (χ0n) is 19.3. The lowest BCUT2D eigenvalue weighted by molar-refractivity contribution is -0.870. The summed E-state index contributed by atoms with van der Waals surface area (Å²) in [6.07, 6.45) is 7.24. The van der Waals surface area contributed by atoms with Crippen LogP contribution in [0.15, 0.2) is 0 Å². The molecule has 0 amide bonds. The second-order valence-electron chi connectivity index (χ2n) is 8.81. The summed E-state index contributed by atoms with van der Waals surface area (Å²) >= 11 is 0. The van der Waals surface area contributed by atoms with Gasteiger partial charge in [0.15, 0.2) is 10.1 Å². The van der Waals surface area contributed by atoms with E-state index in [1.807, 2.05) is 0 Å². The van der Waals surface area contributed by atoms with Crippen LogP contribution >= 0.6 is 0 Å². The topological polar surface area (TPSA) is 57.2 Å². The van der Waals surface area contributed by atoms with Crippen LogP contribution in [0.5, 0.6) is 0 Å². The van der Waals surface area contributed by atoms with E-state index in [0.717, 1.165) is 4.48 Å². The summed E-state index contributed by atoms with van der Waals surface area (Å²) in [6, 6.07) is 0. The Morgan fingerprint density at radius 3 is 1.24 bits per heavy atom. The largest absolute Gasteiger partial charge is 0.743 e. The molecule has 0 atom stereocenters. The minimum Gasteiger partial charge on any atom is -0.743 e. The third kappa shape index (κ3) is 11.5. The van der Waals surface area contributed by atoms with Crippen molar-refractivity contribution in [2.75, 3.05) is 27.7 Å². The number of alkyl halides is 9. The lowest BCUT2D eigenvalue weighted by Crippen LogP contribution is -2.63. The molecule has 0 spiro atoms. The highest BCUT2D eigenvalue weighted by atomic mass is 32.2. The number of halogens is 9. The Kier molecular flexibility index (Phi) is 13.9. The summed E-state index contributed by atoms with van der Waals surface area (Å²) in [7, 11) is -0.560. The molecule has 0 bridgehead atoms. The van der Waals surface area contributed by atoms with Crippen LogP contribution in [0.2, 0.25) is 0 Å². The lowest BCUT2D eigenvalue weighted by atomic mass is 10.1. The minimum absolute atomic E-state index is 1.12. The number of hydrogen-bond acceptors (Lipinski definition) is 3. The monoisotopic (exact) mass is 527 g/mol. The lowest BCUT2D eigenvalue weighted by Gasteiger charge is -2.34. The highest BCUT2D eigenvalue weighted by molar-refractivity contribution is 7.86. The van der Waals surface area contributed by atoms with Crippen molar-refractivity contribution < 1.29 is 57.0 Å². The van der Waals surface area contributed by atoms with Crippen LogP contribution in [0, 0.1) is 0 Å². The van der Waals surface area contributed by atoms with Crippen LogP contribution in [-0.2, 0) is 10.1 Å². The zero-order valence-corrected chi connectivity index (χ0v) is 20.1. The molecule has 0 aromatic carbocycles. The molecule has 0 fully saturated rings. The number of quaternary nitrogens is 1. The van der Waals surface area contributed by atoms with Gasteiger partial charge in [-0.15, -0.1) is 0 Å². The fraction of sp³-hybridized carbons (Fsp3) is 1.00. The van der Waals surface area contributed by atoms with Gasteiger partial charge in [-0.3, -0.25) is 0 Å². The molecule has 0 saturated carbocycles. The van der Waals surface area contributed by atoms with Gasteiger partial charge in [-0.1, -0.05) is 58.3 Å². The van der Waals surface area contributed by atoms with E-state index >= 15 is 0 Å². The molecular weight excluding hydrogens is 493 g/mol. The first kappa shape index (κ1) is 34.4. The number of unbranched alkanes of at least 4 members (excludes halogenated alkanes) is 9. The Bertz CT molecular complexity index is 646. The summed E-state index contributed by atoms with van der Waals surface area (Å²) in [6.45, 7) is 3.62. The molecule has 0 radical (unpaired) electrons. The first-order valence-electron chi connectivity index (χ1n) is 10.5. The first-order chi connectivity index (χ1) is 14.6. The smallest absolute Gasteiger partial charge is 0.460 e. The molecule has 0 aromatic rings. The Morgan fingerprint density at radius 1 is 0.636 bits per heavy atom. The molecular formula is C19H34F9NO3S. The molecule has 33 heavy (non-hydrogen) atoms. The molecule has 0 aliphatic rings. The van der Waals surface area contributed by atoms with E-state index in [9.17, 15) is 52.5 Å². The van der Waals surface area contributed by atoms with Gasteiger partial charge in [0, 0.05) is 0 Å². The zero-order chi connectivity index (χ0) is 26.8. The maximum atomic E-state index is 12.2. The van der Waals surface area contributed by atoms with Crippen molar-refractivity contribution in [3.8, 4) is 0 Å². The normalized spacial score (nSPS) is 14.1. The van der Waals surface area contributed by atoms with Crippen LogP contribution in [-0.4, -0.2) is 68.4 Å². The van der Waals surface area contributed by atoms with Crippen molar-refractivity contribution in [2.45, 2.75) is 94.4 Å². The molecule has 0 aliphatic carbocycles. The van der Waals surface area contributed by atoms with Gasteiger partial charge in [-0.2, -0.15) is 39.5 Å². The molecule has 0 unspecified atom stereocenters. The third-order valence-electron chi connectivity index (χ3n) is 4.61. The summed E-state index contributed by atoms with van der Waals surface area (Å²) in [5, 5.41) is -7.11. The minimum atomic E-state index is -7.43. The number of rotatable bonds is 14. The summed E-state index contributed by atoms with van der Waals surface area (Å²) in [4.78, 5) is 0. The SMILES string of the molecule is CCCCCCCCCCCC[N+](C)(C)C.O=S(=O)([O-])C(F)(F)C(F)(F)C(F)(F)C(F)(F)F. The number of hydrogen-bond donors (Lipinski definition) is 0. The van der Waals surface area contributed by atoms with Crippen LogP contribution in [0.3, 0.4) is 0 Å². The van der Waals surface area contributed by atoms with E-state index in [-0.39, 0.29) is 0 Å². The standard InChI is InChI=1S/C15H34N.C4HF9O3S/c1-5-6-7-8-9-10-11-12-13-14-15-16(2,3)4;5-1(6,3(9,10)11)2(7,8)4(12,13)17(14,15)16/h5-15H2,1-4H3;(H,14,15,16)/q+1;/p-1. The van der Waals surface area contributed by atoms with Crippen LogP contribution in [0.1, 0.15) is 71.1 Å². The first-order valence-corrected chi connectivity index (χ1v) is 11.9. The average Bonchev–Trinajstić information content (AvgIpc) is 2.60. The van der Waals surface area contributed by atoms with Crippen LogP contribution in [0.4, 0.5) is 39.5 Å². The Morgan fingerprint density at radius 2 is 0.970 bits per heavy atom. The summed E-state index contributed by atoms with van der Waals surface area (Å²) < 4.78 is 137. The fourth-order valence-electron chi connectivity index (χ4n) is 2.59. The van der Waals surface area contributed by atoms with Gasteiger partial charge >= 0.3 is 23.3 Å². The quantitative estimate of drug-likeness (QED) is 0.111. The van der Waals surface area contributed by atoms with E-state index in [0.29, 0.717) is 0 Å².